The van der Waals surface area contributed by atoms with Gasteiger partial charge in [0.15, 0.2) is 0 Å². The van der Waals surface area contributed by atoms with Gasteiger partial charge in [-0.3, -0.25) is 4.79 Å². The van der Waals surface area contributed by atoms with Crippen LogP contribution >= 0.6 is 24.8 Å². The van der Waals surface area contributed by atoms with Gasteiger partial charge in [0.1, 0.15) is 0 Å². The van der Waals surface area contributed by atoms with Crippen LogP contribution in [0.4, 0.5) is 0 Å². The molecule has 0 fully saturated rings. The quantitative estimate of drug-likeness (QED) is 0.799. The number of imidazole rings is 1. The number of nitrogens with zero attached hydrogens (tertiary/aromatic N) is 2. The predicted octanol–water partition coefficient (Wildman–Crippen LogP) is 1.33. The molecule has 1 amide bonds. The lowest BCUT2D eigenvalue weighted by atomic mass is 10.1. The smallest absolute Gasteiger partial charge is 0.224 e. The Labute approximate surface area is 127 Å². The second-order valence-corrected chi connectivity index (χ2v) is 4.57. The molecule has 0 aliphatic rings. The van der Waals surface area contributed by atoms with Crippen molar-refractivity contribution in [2.24, 2.45) is 11.8 Å². The number of hydrogen-bond acceptors (Lipinski definition) is 3. The van der Waals surface area contributed by atoms with Gasteiger partial charge >= 0.3 is 0 Å². The molecule has 0 aliphatic carbocycles. The topological polar surface area (TPSA) is 59.0 Å². The third kappa shape index (κ3) is 8.08. The maximum absolute atomic E-state index is 11.7. The lowest BCUT2D eigenvalue weighted by Crippen LogP contribution is -2.37. The maximum atomic E-state index is 11.7. The predicted molar refractivity (Wildman–Crippen MR) is 82.0 cm³/mol. The van der Waals surface area contributed by atoms with Crippen LogP contribution < -0.4 is 10.6 Å². The normalized spacial score (nSPS) is 12.8. The Morgan fingerprint density at radius 3 is 2.53 bits per heavy atom. The first-order chi connectivity index (χ1) is 8.13. The van der Waals surface area contributed by atoms with Crippen LogP contribution in [0.15, 0.2) is 18.7 Å². The molecule has 0 aromatic carbocycles. The fraction of sp³-hybridized carbons (Fsp3) is 0.667. The molecule has 19 heavy (non-hydrogen) atoms. The minimum Gasteiger partial charge on any atom is -0.355 e. The molecule has 0 saturated heterocycles. The van der Waals surface area contributed by atoms with E-state index in [4.69, 9.17) is 0 Å². The van der Waals surface area contributed by atoms with E-state index in [2.05, 4.69) is 22.5 Å². The van der Waals surface area contributed by atoms with E-state index in [1.54, 1.807) is 12.5 Å². The average Bonchev–Trinajstić information content (AvgIpc) is 2.79. The van der Waals surface area contributed by atoms with E-state index in [0.717, 1.165) is 6.54 Å². The number of amides is 1. The largest absolute Gasteiger partial charge is 0.355 e. The summed E-state index contributed by atoms with van der Waals surface area (Å²) in [5.41, 5.74) is 0. The van der Waals surface area contributed by atoms with E-state index in [1.807, 2.05) is 24.7 Å². The van der Waals surface area contributed by atoms with E-state index in [1.165, 1.54) is 0 Å². The Morgan fingerprint density at radius 2 is 2.00 bits per heavy atom. The maximum Gasteiger partial charge on any atom is 0.224 e. The molecule has 0 saturated carbocycles. The second-order valence-electron chi connectivity index (χ2n) is 4.57. The summed E-state index contributed by atoms with van der Waals surface area (Å²) in [6, 6.07) is 0. The van der Waals surface area contributed by atoms with Crippen molar-refractivity contribution >= 4 is 30.7 Å². The summed E-state index contributed by atoms with van der Waals surface area (Å²) < 4.78 is 2.02. The standard InChI is InChI=1S/C12H22N4O.2ClH/c1-10(8-16-5-4-14-9-16)6-15-12(17)11(2)7-13-3;;/h4-5,9-11,13H,6-8H2,1-3H3,(H,15,17);2*1H. The summed E-state index contributed by atoms with van der Waals surface area (Å²) in [4.78, 5) is 15.7. The van der Waals surface area contributed by atoms with Gasteiger partial charge in [0, 0.05) is 37.9 Å². The van der Waals surface area contributed by atoms with Crippen molar-refractivity contribution in [2.75, 3.05) is 20.1 Å². The zero-order valence-corrected chi connectivity index (χ0v) is 13.3. The van der Waals surface area contributed by atoms with Crippen molar-refractivity contribution in [2.45, 2.75) is 20.4 Å². The minimum atomic E-state index is 0. The van der Waals surface area contributed by atoms with E-state index < -0.39 is 0 Å². The molecule has 0 bridgehead atoms. The summed E-state index contributed by atoms with van der Waals surface area (Å²) in [6.07, 6.45) is 5.49. The van der Waals surface area contributed by atoms with Gasteiger partial charge < -0.3 is 15.2 Å². The molecule has 2 atom stereocenters. The van der Waals surface area contributed by atoms with Gasteiger partial charge in [-0.05, 0) is 13.0 Å². The fourth-order valence-electron chi connectivity index (χ4n) is 1.67. The van der Waals surface area contributed by atoms with E-state index in [9.17, 15) is 4.79 Å². The van der Waals surface area contributed by atoms with Crippen molar-refractivity contribution < 1.29 is 4.79 Å². The molecular weight excluding hydrogens is 287 g/mol. The molecule has 2 N–H and O–H groups in total. The summed E-state index contributed by atoms with van der Waals surface area (Å²) in [7, 11) is 1.85. The number of rotatable bonds is 7. The van der Waals surface area contributed by atoms with Crippen LogP contribution in [0.25, 0.3) is 0 Å². The molecular formula is C12H24Cl2N4O. The number of hydrogen-bond donors (Lipinski definition) is 2. The van der Waals surface area contributed by atoms with Crippen molar-refractivity contribution in [3.63, 3.8) is 0 Å². The molecule has 0 radical (unpaired) electrons. The Bertz CT molecular complexity index is 332. The lowest BCUT2D eigenvalue weighted by Gasteiger charge is -2.16. The van der Waals surface area contributed by atoms with Gasteiger partial charge in [-0.1, -0.05) is 13.8 Å². The zero-order chi connectivity index (χ0) is 12.7. The van der Waals surface area contributed by atoms with Gasteiger partial charge in [-0.15, -0.1) is 24.8 Å². The number of carbonyl (C=O) groups is 1. The van der Waals surface area contributed by atoms with Crippen molar-refractivity contribution in [1.82, 2.24) is 20.2 Å². The molecule has 7 heteroatoms. The molecule has 0 aliphatic heterocycles. The molecule has 5 nitrogen and oxygen atoms in total. The summed E-state index contributed by atoms with van der Waals surface area (Å²) in [6.45, 7) is 6.32. The fourth-order valence-corrected chi connectivity index (χ4v) is 1.67. The van der Waals surface area contributed by atoms with Crippen LogP contribution in [0.5, 0.6) is 0 Å². The molecule has 1 aromatic rings. The number of aromatic nitrogens is 2. The van der Waals surface area contributed by atoms with Gasteiger partial charge in [0.25, 0.3) is 0 Å². The Balaban J connectivity index is 0. The highest BCUT2D eigenvalue weighted by molar-refractivity contribution is 5.85. The van der Waals surface area contributed by atoms with Crippen molar-refractivity contribution in [3.8, 4) is 0 Å². The third-order valence-electron chi connectivity index (χ3n) is 2.66. The number of nitrogens with one attached hydrogen (secondary N) is 2. The van der Waals surface area contributed by atoms with Gasteiger partial charge in [0.2, 0.25) is 5.91 Å². The first kappa shape index (κ1) is 20.5. The van der Waals surface area contributed by atoms with Crippen LogP contribution in [0.2, 0.25) is 0 Å². The monoisotopic (exact) mass is 310 g/mol. The molecule has 112 valence electrons. The van der Waals surface area contributed by atoms with Crippen LogP contribution in [0.3, 0.4) is 0 Å². The third-order valence-corrected chi connectivity index (χ3v) is 2.66. The Hall–Kier alpha value is -0.780. The SMILES string of the molecule is CNCC(C)C(=O)NCC(C)Cn1ccnc1.Cl.Cl. The minimum absolute atomic E-state index is 0. The Morgan fingerprint density at radius 1 is 1.32 bits per heavy atom. The molecule has 1 aromatic heterocycles. The first-order valence-corrected chi connectivity index (χ1v) is 6.01. The number of carbonyl (C=O) groups excluding carboxylic acids is 1. The van der Waals surface area contributed by atoms with Gasteiger partial charge in [0.05, 0.1) is 6.33 Å². The van der Waals surface area contributed by atoms with E-state index >= 15 is 0 Å². The number of halogens is 2. The van der Waals surface area contributed by atoms with Crippen LogP contribution in [0, 0.1) is 11.8 Å². The molecule has 2 unspecified atom stereocenters. The van der Waals surface area contributed by atoms with Crippen LogP contribution in [-0.2, 0) is 11.3 Å². The lowest BCUT2D eigenvalue weighted by molar-refractivity contribution is -0.124. The summed E-state index contributed by atoms with van der Waals surface area (Å²) in [5.74, 6) is 0.521. The average molecular weight is 311 g/mol. The zero-order valence-electron chi connectivity index (χ0n) is 11.6. The summed E-state index contributed by atoms with van der Waals surface area (Å²) in [5, 5.41) is 5.97. The summed E-state index contributed by atoms with van der Waals surface area (Å²) >= 11 is 0. The highest BCUT2D eigenvalue weighted by atomic mass is 35.5. The molecule has 0 spiro atoms. The first-order valence-electron chi connectivity index (χ1n) is 6.01. The Kier molecular flexibility index (Phi) is 12.0. The van der Waals surface area contributed by atoms with Crippen LogP contribution in [-0.4, -0.2) is 35.6 Å². The van der Waals surface area contributed by atoms with Crippen molar-refractivity contribution in [1.29, 1.82) is 0 Å². The van der Waals surface area contributed by atoms with Gasteiger partial charge in [-0.2, -0.15) is 0 Å². The van der Waals surface area contributed by atoms with E-state index in [-0.39, 0.29) is 36.6 Å². The molecule has 1 heterocycles. The van der Waals surface area contributed by atoms with Gasteiger partial charge in [-0.25, -0.2) is 4.98 Å². The van der Waals surface area contributed by atoms with Crippen LogP contribution in [0.1, 0.15) is 13.8 Å². The molecule has 1 rings (SSSR count). The van der Waals surface area contributed by atoms with E-state index in [0.29, 0.717) is 19.0 Å². The highest BCUT2D eigenvalue weighted by Gasteiger charge is 2.12. The highest BCUT2D eigenvalue weighted by Crippen LogP contribution is 2.00. The second kappa shape index (κ2) is 11.1. The van der Waals surface area contributed by atoms with Crippen molar-refractivity contribution in [3.05, 3.63) is 18.7 Å².